The maximum atomic E-state index is 11.5. The normalized spacial score (nSPS) is 23.9. The number of aliphatic carboxylic acids is 1. The number of H-pyrrole nitrogens is 2. The van der Waals surface area contributed by atoms with E-state index in [2.05, 4.69) is 15.2 Å². The molecule has 1 aliphatic rings. The lowest BCUT2D eigenvalue weighted by molar-refractivity contribution is -0.146. The first-order valence-corrected chi connectivity index (χ1v) is 5.10. The molecule has 0 amide bonds. The number of anilines is 1. The summed E-state index contributed by atoms with van der Waals surface area (Å²) in [5, 5.41) is 14.8. The third-order valence-electron chi connectivity index (χ3n) is 2.98. The van der Waals surface area contributed by atoms with Crippen molar-refractivity contribution < 1.29 is 9.90 Å². The van der Waals surface area contributed by atoms with Crippen LogP contribution in [0, 0.1) is 5.41 Å². The molecule has 1 aromatic rings. The van der Waals surface area contributed by atoms with Crippen molar-refractivity contribution in [1.29, 1.82) is 0 Å². The molecule has 1 saturated heterocycles. The first-order valence-electron chi connectivity index (χ1n) is 5.10. The Morgan fingerprint density at radius 1 is 1.53 bits per heavy atom. The molecule has 1 unspecified atom stereocenters. The molecule has 1 atom stereocenters. The second-order valence-corrected chi connectivity index (χ2v) is 4.37. The summed E-state index contributed by atoms with van der Waals surface area (Å²) in [5.74, 6) is -0.851. The van der Waals surface area contributed by atoms with Crippen LogP contribution in [0.25, 0.3) is 0 Å². The monoisotopic (exact) mass is 240 g/mol. The number of carbonyl (C=O) groups is 1. The van der Waals surface area contributed by atoms with E-state index in [4.69, 9.17) is 5.11 Å². The highest BCUT2D eigenvalue weighted by Crippen LogP contribution is 2.31. The van der Waals surface area contributed by atoms with Crippen LogP contribution in [0.3, 0.4) is 0 Å². The minimum absolute atomic E-state index is 0.0505. The fraction of sp³-hybridized carbons (Fsp3) is 0.556. The number of hydrogen-bond acceptors (Lipinski definition) is 5. The standard InChI is InChI=1S/C9H12N4O4/c1-9(7(15)16)2-3-13(4-9)5-6(14)10-8(17)12-11-5/h2-4H2,1H3,(H,15,16)(H2,10,12,14,17). The Balaban J connectivity index is 2.30. The summed E-state index contributed by atoms with van der Waals surface area (Å²) in [6, 6.07) is 0. The average molecular weight is 240 g/mol. The Kier molecular flexibility index (Phi) is 2.49. The Morgan fingerprint density at radius 3 is 2.76 bits per heavy atom. The van der Waals surface area contributed by atoms with Gasteiger partial charge in [-0.25, -0.2) is 9.89 Å². The van der Waals surface area contributed by atoms with Crippen LogP contribution in [0.1, 0.15) is 13.3 Å². The topological polar surface area (TPSA) is 119 Å². The molecular weight excluding hydrogens is 228 g/mol. The molecule has 2 rings (SSSR count). The van der Waals surface area contributed by atoms with E-state index in [0.29, 0.717) is 13.0 Å². The van der Waals surface area contributed by atoms with Crippen LogP contribution in [-0.4, -0.2) is 39.3 Å². The zero-order chi connectivity index (χ0) is 12.6. The van der Waals surface area contributed by atoms with Gasteiger partial charge in [-0.05, 0) is 13.3 Å². The first-order chi connectivity index (χ1) is 7.92. The van der Waals surface area contributed by atoms with Crippen molar-refractivity contribution in [3.05, 3.63) is 20.8 Å². The number of aromatic amines is 2. The molecule has 1 aromatic heterocycles. The second-order valence-electron chi connectivity index (χ2n) is 4.37. The number of hydrogen-bond donors (Lipinski definition) is 3. The number of nitrogens with one attached hydrogen (secondary N) is 2. The highest BCUT2D eigenvalue weighted by molar-refractivity contribution is 5.76. The zero-order valence-electron chi connectivity index (χ0n) is 9.19. The molecule has 0 radical (unpaired) electrons. The van der Waals surface area contributed by atoms with E-state index in [1.165, 1.54) is 0 Å². The molecule has 0 aromatic carbocycles. The molecule has 92 valence electrons. The quantitative estimate of drug-likeness (QED) is 0.594. The van der Waals surface area contributed by atoms with Crippen LogP contribution in [0.5, 0.6) is 0 Å². The predicted octanol–water partition coefficient (Wildman–Crippen LogP) is -1.24. The Bertz CT molecular complexity index is 563. The van der Waals surface area contributed by atoms with Crippen LogP contribution in [0.4, 0.5) is 5.82 Å². The fourth-order valence-corrected chi connectivity index (χ4v) is 1.87. The van der Waals surface area contributed by atoms with Gasteiger partial charge in [0.2, 0.25) is 5.82 Å². The third-order valence-corrected chi connectivity index (χ3v) is 2.98. The minimum atomic E-state index is -0.902. The summed E-state index contributed by atoms with van der Waals surface area (Å²) in [7, 11) is 0. The summed E-state index contributed by atoms with van der Waals surface area (Å²) >= 11 is 0. The van der Waals surface area contributed by atoms with Crippen molar-refractivity contribution in [2.75, 3.05) is 18.0 Å². The van der Waals surface area contributed by atoms with Crippen molar-refractivity contribution in [3.63, 3.8) is 0 Å². The molecule has 3 N–H and O–H groups in total. The number of rotatable bonds is 2. The average Bonchev–Trinajstić information content (AvgIpc) is 2.62. The molecule has 8 nitrogen and oxygen atoms in total. The number of aromatic nitrogens is 3. The molecule has 0 aliphatic carbocycles. The van der Waals surface area contributed by atoms with E-state index in [-0.39, 0.29) is 12.4 Å². The lowest BCUT2D eigenvalue weighted by Crippen LogP contribution is -2.36. The summed E-state index contributed by atoms with van der Waals surface area (Å²) in [6.45, 7) is 2.24. The largest absolute Gasteiger partial charge is 0.481 e. The van der Waals surface area contributed by atoms with Gasteiger partial charge in [0, 0.05) is 13.1 Å². The fourth-order valence-electron chi connectivity index (χ4n) is 1.87. The summed E-state index contributed by atoms with van der Waals surface area (Å²) in [5.41, 5.74) is -2.17. The molecule has 2 heterocycles. The Morgan fingerprint density at radius 2 is 2.24 bits per heavy atom. The Hall–Kier alpha value is -2.12. The van der Waals surface area contributed by atoms with Gasteiger partial charge >= 0.3 is 11.7 Å². The highest BCUT2D eigenvalue weighted by atomic mass is 16.4. The van der Waals surface area contributed by atoms with E-state index >= 15 is 0 Å². The van der Waals surface area contributed by atoms with Gasteiger partial charge in [-0.2, -0.15) is 0 Å². The minimum Gasteiger partial charge on any atom is -0.481 e. The first kappa shape index (κ1) is 11.4. The number of nitrogens with zero attached hydrogens (tertiary/aromatic N) is 2. The predicted molar refractivity (Wildman–Crippen MR) is 58.1 cm³/mol. The van der Waals surface area contributed by atoms with Crippen molar-refractivity contribution in [2.24, 2.45) is 5.41 Å². The van der Waals surface area contributed by atoms with Crippen molar-refractivity contribution >= 4 is 11.8 Å². The molecule has 0 spiro atoms. The van der Waals surface area contributed by atoms with Gasteiger partial charge in [-0.15, -0.1) is 5.10 Å². The van der Waals surface area contributed by atoms with Crippen molar-refractivity contribution in [3.8, 4) is 0 Å². The van der Waals surface area contributed by atoms with E-state index < -0.39 is 22.6 Å². The van der Waals surface area contributed by atoms with E-state index in [1.54, 1.807) is 11.8 Å². The van der Waals surface area contributed by atoms with Crippen molar-refractivity contribution in [2.45, 2.75) is 13.3 Å². The van der Waals surface area contributed by atoms with Gasteiger partial charge in [0.05, 0.1) is 5.41 Å². The van der Waals surface area contributed by atoms with Crippen molar-refractivity contribution in [1.82, 2.24) is 15.2 Å². The highest BCUT2D eigenvalue weighted by Gasteiger charge is 2.41. The summed E-state index contributed by atoms with van der Waals surface area (Å²) in [6.07, 6.45) is 0.433. The van der Waals surface area contributed by atoms with E-state index in [0.717, 1.165) is 0 Å². The zero-order valence-corrected chi connectivity index (χ0v) is 9.19. The smallest absolute Gasteiger partial charge is 0.342 e. The van der Waals surface area contributed by atoms with Gasteiger partial charge in [-0.1, -0.05) is 0 Å². The molecule has 8 heteroatoms. The molecule has 0 saturated carbocycles. The van der Waals surface area contributed by atoms with Crippen LogP contribution >= 0.6 is 0 Å². The van der Waals surface area contributed by atoms with Crippen LogP contribution in [0.15, 0.2) is 9.59 Å². The van der Waals surface area contributed by atoms with Gasteiger partial charge in [-0.3, -0.25) is 14.6 Å². The van der Waals surface area contributed by atoms with Gasteiger partial charge in [0.25, 0.3) is 5.56 Å². The molecule has 17 heavy (non-hydrogen) atoms. The molecule has 1 fully saturated rings. The second kappa shape index (κ2) is 3.72. The molecule has 0 bridgehead atoms. The number of carboxylic acid groups (broad SMARTS) is 1. The summed E-state index contributed by atoms with van der Waals surface area (Å²) in [4.78, 5) is 36.9. The van der Waals surface area contributed by atoms with Crippen LogP contribution < -0.4 is 16.1 Å². The maximum absolute atomic E-state index is 11.5. The van der Waals surface area contributed by atoms with Gasteiger partial charge in [0.1, 0.15) is 0 Å². The Labute approximate surface area is 95.3 Å². The van der Waals surface area contributed by atoms with E-state index in [9.17, 15) is 14.4 Å². The molecule has 1 aliphatic heterocycles. The van der Waals surface area contributed by atoms with Crippen LogP contribution in [0.2, 0.25) is 0 Å². The lowest BCUT2D eigenvalue weighted by atomic mass is 9.90. The van der Waals surface area contributed by atoms with Gasteiger partial charge in [0.15, 0.2) is 0 Å². The SMILES string of the molecule is CC1(C(=O)O)CCN(c2n[nH]c(=O)[nH]c2=O)C1. The number of carboxylic acids is 1. The van der Waals surface area contributed by atoms with E-state index in [1.807, 2.05) is 0 Å². The summed E-state index contributed by atoms with van der Waals surface area (Å²) < 4.78 is 0. The van der Waals surface area contributed by atoms with Crippen LogP contribution in [-0.2, 0) is 4.79 Å². The maximum Gasteiger partial charge on any atom is 0.342 e. The van der Waals surface area contributed by atoms with Gasteiger partial charge < -0.3 is 10.0 Å². The third kappa shape index (κ3) is 1.93. The molecular formula is C9H12N4O4. The lowest BCUT2D eigenvalue weighted by Gasteiger charge is -2.19.